The van der Waals surface area contributed by atoms with Gasteiger partial charge in [0.1, 0.15) is 0 Å². The second-order valence-electron chi connectivity index (χ2n) is 4.39. The minimum absolute atomic E-state index is 0.130. The first-order chi connectivity index (χ1) is 9.11. The molecule has 0 heterocycles. The lowest BCUT2D eigenvalue weighted by Gasteiger charge is -2.22. The summed E-state index contributed by atoms with van der Waals surface area (Å²) < 4.78 is 1.01. The number of hydrogen-bond acceptors (Lipinski definition) is 2. The fraction of sp³-hybridized carbons (Fsp3) is 0.200. The fourth-order valence-corrected chi connectivity index (χ4v) is 2.44. The van der Waals surface area contributed by atoms with E-state index in [9.17, 15) is 5.11 Å². The molecule has 2 rings (SSSR count). The SMILES string of the molecule is NCC(c1ccc(Br)cc1)C(O)c1ccc(Cl)cc1. The van der Waals surface area contributed by atoms with Crippen molar-refractivity contribution in [3.63, 3.8) is 0 Å². The van der Waals surface area contributed by atoms with Gasteiger partial charge in [-0.25, -0.2) is 0 Å². The molecule has 0 spiro atoms. The van der Waals surface area contributed by atoms with E-state index in [-0.39, 0.29) is 5.92 Å². The Labute approximate surface area is 126 Å². The van der Waals surface area contributed by atoms with Crippen molar-refractivity contribution in [1.29, 1.82) is 0 Å². The molecular weight excluding hydrogens is 326 g/mol. The summed E-state index contributed by atoms with van der Waals surface area (Å²) in [4.78, 5) is 0. The first kappa shape index (κ1) is 14.5. The van der Waals surface area contributed by atoms with Crippen LogP contribution < -0.4 is 5.73 Å². The molecule has 2 unspecified atom stereocenters. The monoisotopic (exact) mass is 339 g/mol. The summed E-state index contributed by atoms with van der Waals surface area (Å²) in [6, 6.07) is 15.0. The molecule has 0 aliphatic carbocycles. The zero-order valence-electron chi connectivity index (χ0n) is 10.3. The number of nitrogens with two attached hydrogens (primary N) is 1. The van der Waals surface area contributed by atoms with Crippen LogP contribution in [0.1, 0.15) is 23.1 Å². The van der Waals surface area contributed by atoms with Crippen LogP contribution in [0.2, 0.25) is 5.02 Å². The number of rotatable bonds is 4. The van der Waals surface area contributed by atoms with Gasteiger partial charge < -0.3 is 10.8 Å². The van der Waals surface area contributed by atoms with Gasteiger partial charge in [0.2, 0.25) is 0 Å². The van der Waals surface area contributed by atoms with Crippen molar-refractivity contribution in [2.75, 3.05) is 6.54 Å². The molecule has 0 aliphatic rings. The van der Waals surface area contributed by atoms with Gasteiger partial charge in [-0.1, -0.05) is 51.8 Å². The molecule has 0 saturated heterocycles. The largest absolute Gasteiger partial charge is 0.388 e. The predicted octanol–water partition coefficient (Wildman–Crippen LogP) is 3.88. The van der Waals surface area contributed by atoms with Crippen LogP contribution in [0.5, 0.6) is 0 Å². The van der Waals surface area contributed by atoms with E-state index in [1.54, 1.807) is 12.1 Å². The van der Waals surface area contributed by atoms with Crippen molar-refractivity contribution in [2.45, 2.75) is 12.0 Å². The van der Waals surface area contributed by atoms with Crippen LogP contribution in [0.25, 0.3) is 0 Å². The van der Waals surface area contributed by atoms with Crippen molar-refractivity contribution in [3.05, 3.63) is 69.2 Å². The predicted molar refractivity (Wildman–Crippen MR) is 82.3 cm³/mol. The van der Waals surface area contributed by atoms with E-state index in [0.29, 0.717) is 11.6 Å². The summed E-state index contributed by atoms with van der Waals surface area (Å²) in [7, 11) is 0. The number of aliphatic hydroxyl groups is 1. The molecule has 0 aliphatic heterocycles. The van der Waals surface area contributed by atoms with Crippen LogP contribution in [0.3, 0.4) is 0 Å². The summed E-state index contributed by atoms with van der Waals surface area (Å²) in [6.45, 7) is 0.380. The Morgan fingerprint density at radius 2 is 1.53 bits per heavy atom. The Morgan fingerprint density at radius 1 is 1.00 bits per heavy atom. The fourth-order valence-electron chi connectivity index (χ4n) is 2.05. The van der Waals surface area contributed by atoms with Crippen molar-refractivity contribution in [2.24, 2.45) is 5.73 Å². The van der Waals surface area contributed by atoms with Gasteiger partial charge in [0.25, 0.3) is 0 Å². The molecule has 2 aromatic rings. The van der Waals surface area contributed by atoms with Crippen LogP contribution >= 0.6 is 27.5 Å². The zero-order valence-corrected chi connectivity index (χ0v) is 12.6. The minimum atomic E-state index is -0.636. The zero-order chi connectivity index (χ0) is 13.8. The van der Waals surface area contributed by atoms with Gasteiger partial charge in [0.05, 0.1) is 6.10 Å². The standard InChI is InChI=1S/C15H15BrClNO/c16-12-5-1-10(2-6-12)14(9-18)15(19)11-3-7-13(17)8-4-11/h1-8,14-15,19H,9,18H2. The van der Waals surface area contributed by atoms with Gasteiger partial charge in [-0.15, -0.1) is 0 Å². The Bertz CT molecular complexity index is 527. The van der Waals surface area contributed by atoms with E-state index < -0.39 is 6.10 Å². The highest BCUT2D eigenvalue weighted by atomic mass is 79.9. The summed E-state index contributed by atoms with van der Waals surface area (Å²) >= 11 is 9.25. The topological polar surface area (TPSA) is 46.2 Å². The molecule has 0 amide bonds. The molecule has 2 aromatic carbocycles. The molecule has 0 bridgehead atoms. The van der Waals surface area contributed by atoms with E-state index in [1.807, 2.05) is 36.4 Å². The normalized spacial score (nSPS) is 14.1. The Balaban J connectivity index is 2.26. The first-order valence-electron chi connectivity index (χ1n) is 6.01. The van der Waals surface area contributed by atoms with Gasteiger partial charge in [0.15, 0.2) is 0 Å². The van der Waals surface area contributed by atoms with Crippen LogP contribution in [-0.4, -0.2) is 11.7 Å². The molecule has 0 radical (unpaired) electrons. The molecule has 0 aromatic heterocycles. The Morgan fingerprint density at radius 3 is 2.05 bits per heavy atom. The van der Waals surface area contributed by atoms with E-state index in [0.717, 1.165) is 15.6 Å². The lowest BCUT2D eigenvalue weighted by Crippen LogP contribution is -2.20. The van der Waals surface area contributed by atoms with Crippen LogP contribution in [0.4, 0.5) is 0 Å². The molecule has 0 fully saturated rings. The molecular formula is C15H15BrClNO. The van der Waals surface area contributed by atoms with E-state index in [2.05, 4.69) is 15.9 Å². The lowest BCUT2D eigenvalue weighted by atomic mass is 9.89. The summed E-state index contributed by atoms with van der Waals surface area (Å²) in [6.07, 6.45) is -0.636. The molecule has 19 heavy (non-hydrogen) atoms. The van der Waals surface area contributed by atoms with E-state index in [1.165, 1.54) is 0 Å². The van der Waals surface area contributed by atoms with Crippen molar-refractivity contribution >= 4 is 27.5 Å². The number of aliphatic hydroxyl groups excluding tert-OH is 1. The number of halogens is 2. The van der Waals surface area contributed by atoms with Gasteiger partial charge in [-0.3, -0.25) is 0 Å². The summed E-state index contributed by atoms with van der Waals surface area (Å²) in [5, 5.41) is 11.1. The number of benzene rings is 2. The van der Waals surface area contributed by atoms with Gasteiger partial charge in [0, 0.05) is 22.0 Å². The average molecular weight is 341 g/mol. The van der Waals surface area contributed by atoms with E-state index in [4.69, 9.17) is 17.3 Å². The molecule has 2 nitrogen and oxygen atoms in total. The summed E-state index contributed by atoms with van der Waals surface area (Å²) in [5.41, 5.74) is 7.66. The van der Waals surface area contributed by atoms with Crippen LogP contribution in [0.15, 0.2) is 53.0 Å². The Kier molecular flexibility index (Phi) is 4.99. The third kappa shape index (κ3) is 3.57. The average Bonchev–Trinajstić information content (AvgIpc) is 2.42. The molecule has 3 N–H and O–H groups in total. The van der Waals surface area contributed by atoms with Gasteiger partial charge >= 0.3 is 0 Å². The van der Waals surface area contributed by atoms with Crippen LogP contribution in [0, 0.1) is 0 Å². The Hall–Kier alpha value is -0.870. The van der Waals surface area contributed by atoms with Crippen molar-refractivity contribution in [1.82, 2.24) is 0 Å². The smallest absolute Gasteiger partial charge is 0.0870 e. The quantitative estimate of drug-likeness (QED) is 0.887. The molecule has 4 heteroatoms. The van der Waals surface area contributed by atoms with E-state index >= 15 is 0 Å². The van der Waals surface area contributed by atoms with Gasteiger partial charge in [-0.05, 0) is 35.4 Å². The molecule has 2 atom stereocenters. The number of hydrogen-bond donors (Lipinski definition) is 2. The maximum atomic E-state index is 10.5. The third-order valence-electron chi connectivity index (χ3n) is 3.14. The first-order valence-corrected chi connectivity index (χ1v) is 7.18. The highest BCUT2D eigenvalue weighted by Gasteiger charge is 2.21. The maximum Gasteiger partial charge on any atom is 0.0870 e. The molecule has 100 valence electrons. The second kappa shape index (κ2) is 6.53. The van der Waals surface area contributed by atoms with Crippen molar-refractivity contribution in [3.8, 4) is 0 Å². The third-order valence-corrected chi connectivity index (χ3v) is 3.93. The minimum Gasteiger partial charge on any atom is -0.388 e. The van der Waals surface area contributed by atoms with Crippen LogP contribution in [-0.2, 0) is 0 Å². The second-order valence-corrected chi connectivity index (χ2v) is 5.74. The highest BCUT2D eigenvalue weighted by molar-refractivity contribution is 9.10. The summed E-state index contributed by atoms with van der Waals surface area (Å²) in [5.74, 6) is -0.130. The van der Waals surface area contributed by atoms with Gasteiger partial charge in [-0.2, -0.15) is 0 Å². The highest BCUT2D eigenvalue weighted by Crippen LogP contribution is 2.31. The molecule has 0 saturated carbocycles. The van der Waals surface area contributed by atoms with Crippen molar-refractivity contribution < 1.29 is 5.11 Å². The maximum absolute atomic E-state index is 10.5. The lowest BCUT2D eigenvalue weighted by molar-refractivity contribution is 0.147.